The number of aromatic nitrogens is 2. The molecule has 2 aromatic rings. The monoisotopic (exact) mass is 374 g/mol. The smallest absolute Gasteiger partial charge is 0.231 e. The first-order valence-corrected chi connectivity index (χ1v) is 9.38. The highest BCUT2D eigenvalue weighted by atomic mass is 32.1. The molecule has 1 unspecified atom stereocenters. The van der Waals surface area contributed by atoms with Gasteiger partial charge in [0.2, 0.25) is 16.9 Å². The largest absolute Gasteiger partial charge is 0.374 e. The van der Waals surface area contributed by atoms with Crippen LogP contribution < -0.4 is 10.2 Å². The van der Waals surface area contributed by atoms with Gasteiger partial charge >= 0.3 is 0 Å². The average Bonchev–Trinajstić information content (AvgIpc) is 3.21. The Labute approximate surface area is 156 Å². The van der Waals surface area contributed by atoms with Crippen molar-refractivity contribution in [3.63, 3.8) is 0 Å². The number of rotatable bonds is 6. The maximum Gasteiger partial charge on any atom is 0.231 e. The van der Waals surface area contributed by atoms with E-state index < -0.39 is 5.92 Å². The third-order valence-corrected chi connectivity index (χ3v) is 5.09. The summed E-state index contributed by atoms with van der Waals surface area (Å²) < 4.78 is 5.28. The van der Waals surface area contributed by atoms with E-state index in [9.17, 15) is 9.59 Å². The first kappa shape index (κ1) is 18.5. The number of nitrogens with zero attached hydrogens (tertiary/aromatic N) is 3. The Balaban J connectivity index is 1.65. The molecule has 1 aromatic heterocycles. The van der Waals surface area contributed by atoms with Crippen LogP contribution in [0.5, 0.6) is 0 Å². The molecule has 1 N–H and O–H groups in total. The minimum absolute atomic E-state index is 0.0341. The Morgan fingerprint density at radius 3 is 2.96 bits per heavy atom. The number of ether oxygens (including phenoxy) is 1. The predicted octanol–water partition coefficient (Wildman–Crippen LogP) is 2.68. The molecule has 0 saturated carbocycles. The van der Waals surface area contributed by atoms with E-state index in [0.717, 1.165) is 16.8 Å². The van der Waals surface area contributed by atoms with Gasteiger partial charge in [-0.2, -0.15) is 0 Å². The van der Waals surface area contributed by atoms with Crippen molar-refractivity contribution < 1.29 is 14.3 Å². The minimum Gasteiger partial charge on any atom is -0.374 e. The zero-order valence-corrected chi connectivity index (χ0v) is 15.9. The van der Waals surface area contributed by atoms with Crippen molar-refractivity contribution in [3.05, 3.63) is 34.3 Å². The zero-order chi connectivity index (χ0) is 18.7. The first-order chi connectivity index (χ1) is 12.5. The van der Waals surface area contributed by atoms with Crippen LogP contribution in [0.25, 0.3) is 0 Å². The van der Waals surface area contributed by atoms with Gasteiger partial charge in [0, 0.05) is 25.3 Å². The second kappa shape index (κ2) is 7.92. The molecular weight excluding hydrogens is 352 g/mol. The van der Waals surface area contributed by atoms with E-state index in [2.05, 4.69) is 15.5 Å². The van der Waals surface area contributed by atoms with E-state index in [1.54, 1.807) is 4.90 Å². The molecule has 1 atom stereocenters. The van der Waals surface area contributed by atoms with Gasteiger partial charge in [0.1, 0.15) is 11.6 Å². The third-order valence-electron chi connectivity index (χ3n) is 4.28. The van der Waals surface area contributed by atoms with Gasteiger partial charge in [-0.1, -0.05) is 23.5 Å². The van der Waals surface area contributed by atoms with Gasteiger partial charge in [0.25, 0.3) is 0 Å². The van der Waals surface area contributed by atoms with Gasteiger partial charge in [-0.3, -0.25) is 9.59 Å². The fourth-order valence-electron chi connectivity index (χ4n) is 2.89. The highest BCUT2D eigenvalue weighted by Gasteiger charge is 2.36. The van der Waals surface area contributed by atoms with Crippen LogP contribution in [0.2, 0.25) is 0 Å². The molecule has 1 aromatic carbocycles. The standard InChI is InChI=1S/C18H22N4O3S/c1-4-25-10-15-20-21-18(26-15)19-17(24)13-8-16(23)22(9-13)14-7-11(2)5-6-12(14)3/h5-7,13H,4,8-10H2,1-3H3,(H,19,21,24). The summed E-state index contributed by atoms with van der Waals surface area (Å²) in [7, 11) is 0. The summed E-state index contributed by atoms with van der Waals surface area (Å²) in [5, 5.41) is 11.9. The average molecular weight is 374 g/mol. The lowest BCUT2D eigenvalue weighted by atomic mass is 10.1. The molecule has 0 radical (unpaired) electrons. The van der Waals surface area contributed by atoms with Crippen LogP contribution >= 0.6 is 11.3 Å². The lowest BCUT2D eigenvalue weighted by molar-refractivity contribution is -0.122. The Bertz CT molecular complexity index is 821. The molecule has 1 aliphatic heterocycles. The highest BCUT2D eigenvalue weighted by Crippen LogP contribution is 2.29. The molecule has 138 valence electrons. The molecule has 1 saturated heterocycles. The van der Waals surface area contributed by atoms with Crippen molar-refractivity contribution >= 4 is 34.0 Å². The Kier molecular flexibility index (Phi) is 5.63. The van der Waals surface area contributed by atoms with E-state index in [1.807, 2.05) is 39.0 Å². The molecule has 2 heterocycles. The number of nitrogens with one attached hydrogen (secondary N) is 1. The summed E-state index contributed by atoms with van der Waals surface area (Å²) in [6, 6.07) is 5.99. The number of carbonyl (C=O) groups is 2. The number of carbonyl (C=O) groups excluding carboxylic acids is 2. The summed E-state index contributed by atoms with van der Waals surface area (Å²) in [5.41, 5.74) is 2.98. The van der Waals surface area contributed by atoms with E-state index >= 15 is 0 Å². The molecule has 0 bridgehead atoms. The minimum atomic E-state index is -0.401. The van der Waals surface area contributed by atoms with Crippen molar-refractivity contribution in [2.45, 2.75) is 33.8 Å². The van der Waals surface area contributed by atoms with Crippen molar-refractivity contribution in [1.29, 1.82) is 0 Å². The quantitative estimate of drug-likeness (QED) is 0.840. The summed E-state index contributed by atoms with van der Waals surface area (Å²) in [6.07, 6.45) is 0.198. The fraction of sp³-hybridized carbons (Fsp3) is 0.444. The summed E-state index contributed by atoms with van der Waals surface area (Å²) >= 11 is 1.28. The number of benzene rings is 1. The van der Waals surface area contributed by atoms with E-state index in [4.69, 9.17) is 4.74 Å². The molecule has 8 heteroatoms. The summed E-state index contributed by atoms with van der Waals surface area (Å²) in [4.78, 5) is 26.7. The highest BCUT2D eigenvalue weighted by molar-refractivity contribution is 7.15. The number of aryl methyl sites for hydroxylation is 2. The lowest BCUT2D eigenvalue weighted by Crippen LogP contribution is -2.28. The predicted molar refractivity (Wildman–Crippen MR) is 100 cm³/mol. The molecule has 26 heavy (non-hydrogen) atoms. The Morgan fingerprint density at radius 2 is 2.19 bits per heavy atom. The third kappa shape index (κ3) is 4.08. The molecule has 1 fully saturated rings. The molecule has 7 nitrogen and oxygen atoms in total. The van der Waals surface area contributed by atoms with Crippen LogP contribution in [0.15, 0.2) is 18.2 Å². The lowest BCUT2D eigenvalue weighted by Gasteiger charge is -2.19. The molecule has 3 rings (SSSR count). The van der Waals surface area contributed by atoms with Crippen LogP contribution in [0, 0.1) is 19.8 Å². The number of amides is 2. The summed E-state index contributed by atoms with van der Waals surface area (Å²) in [6.45, 7) is 7.22. The Morgan fingerprint density at radius 1 is 1.38 bits per heavy atom. The van der Waals surface area contributed by atoms with Gasteiger partial charge in [-0.25, -0.2) is 0 Å². The van der Waals surface area contributed by atoms with Crippen molar-refractivity contribution in [2.24, 2.45) is 5.92 Å². The van der Waals surface area contributed by atoms with Crippen LogP contribution in [-0.2, 0) is 20.9 Å². The van der Waals surface area contributed by atoms with Crippen LogP contribution in [-0.4, -0.2) is 35.2 Å². The number of anilines is 2. The van der Waals surface area contributed by atoms with Crippen molar-refractivity contribution in [2.75, 3.05) is 23.4 Å². The van der Waals surface area contributed by atoms with Gasteiger partial charge in [0.05, 0.1) is 5.92 Å². The van der Waals surface area contributed by atoms with Gasteiger partial charge < -0.3 is 15.0 Å². The SMILES string of the molecule is CCOCc1nnc(NC(=O)C2CC(=O)N(c3cc(C)ccc3C)C2)s1. The topological polar surface area (TPSA) is 84.4 Å². The summed E-state index contributed by atoms with van der Waals surface area (Å²) in [5.74, 6) is -0.639. The van der Waals surface area contributed by atoms with E-state index in [-0.39, 0.29) is 18.2 Å². The molecule has 0 aliphatic carbocycles. The van der Waals surface area contributed by atoms with E-state index in [1.165, 1.54) is 11.3 Å². The van der Waals surface area contributed by atoms with Crippen LogP contribution in [0.4, 0.5) is 10.8 Å². The van der Waals surface area contributed by atoms with Crippen molar-refractivity contribution in [3.8, 4) is 0 Å². The van der Waals surface area contributed by atoms with Gasteiger partial charge in [-0.05, 0) is 38.0 Å². The number of hydrogen-bond acceptors (Lipinski definition) is 6. The second-order valence-corrected chi connectivity index (χ2v) is 7.38. The molecule has 1 aliphatic rings. The molecular formula is C18H22N4O3S. The molecule has 0 spiro atoms. The van der Waals surface area contributed by atoms with E-state index in [0.29, 0.717) is 29.9 Å². The first-order valence-electron chi connectivity index (χ1n) is 8.56. The van der Waals surface area contributed by atoms with Crippen molar-refractivity contribution in [1.82, 2.24) is 10.2 Å². The molecule has 2 amide bonds. The maximum absolute atomic E-state index is 12.5. The normalized spacial score (nSPS) is 17.0. The van der Waals surface area contributed by atoms with Gasteiger partial charge in [-0.15, -0.1) is 10.2 Å². The number of hydrogen-bond donors (Lipinski definition) is 1. The maximum atomic E-state index is 12.5. The van der Waals surface area contributed by atoms with Crippen LogP contribution in [0.1, 0.15) is 29.5 Å². The van der Waals surface area contributed by atoms with Gasteiger partial charge in [0.15, 0.2) is 0 Å². The Hall–Kier alpha value is -2.32. The zero-order valence-electron chi connectivity index (χ0n) is 15.1. The second-order valence-electron chi connectivity index (χ2n) is 6.32. The van der Waals surface area contributed by atoms with Crippen LogP contribution in [0.3, 0.4) is 0 Å². The fourth-order valence-corrected chi connectivity index (χ4v) is 3.57.